The van der Waals surface area contributed by atoms with Crippen LogP contribution in [0.5, 0.6) is 0 Å². The number of aliphatic imine (C=N–C) groups is 1. The van der Waals surface area contributed by atoms with Crippen molar-refractivity contribution in [2.45, 2.75) is 58.6 Å². The topological polar surface area (TPSA) is 119 Å². The van der Waals surface area contributed by atoms with Crippen molar-refractivity contribution in [2.75, 3.05) is 20.1 Å². The Labute approximate surface area is 190 Å². The molecule has 0 saturated heterocycles. The summed E-state index contributed by atoms with van der Waals surface area (Å²) in [6.45, 7) is 6.74. The first-order chi connectivity index (χ1) is 15.5. The van der Waals surface area contributed by atoms with Gasteiger partial charge >= 0.3 is 0 Å². The molecule has 2 rings (SSSR count). The van der Waals surface area contributed by atoms with Gasteiger partial charge in [-0.05, 0) is 25.7 Å². The molecule has 0 aliphatic carbocycles. The van der Waals surface area contributed by atoms with Gasteiger partial charge in [-0.2, -0.15) is 10.0 Å². The first-order valence-electron chi connectivity index (χ1n) is 11.2. The maximum Gasteiger partial charge on any atom is 0.0974 e. The van der Waals surface area contributed by atoms with Crippen molar-refractivity contribution >= 4 is 11.9 Å². The molecule has 174 valence electrons. The van der Waals surface area contributed by atoms with Crippen molar-refractivity contribution in [3.63, 3.8) is 0 Å². The van der Waals surface area contributed by atoms with E-state index in [0.29, 0.717) is 23.7 Å². The monoisotopic (exact) mass is 441 g/mol. The van der Waals surface area contributed by atoms with Crippen LogP contribution < -0.4 is 5.32 Å². The number of nitrogens with one attached hydrogen (secondary N) is 2. The molecular formula is C23H35N7O2. The lowest BCUT2D eigenvalue weighted by atomic mass is 10.1. The fourth-order valence-corrected chi connectivity index (χ4v) is 3.53. The summed E-state index contributed by atoms with van der Waals surface area (Å²) in [5, 5.41) is 28.1. The van der Waals surface area contributed by atoms with Crippen LogP contribution in [0.25, 0.3) is 0 Å². The molecule has 0 bridgehead atoms. The number of nitroso groups, excluding NO2 is 1. The number of aliphatic hydroxyl groups excluding tert-OH is 1. The molecule has 2 heterocycles. The molecule has 1 atom stereocenters. The van der Waals surface area contributed by atoms with Gasteiger partial charge in [0.25, 0.3) is 0 Å². The predicted molar refractivity (Wildman–Crippen MR) is 129 cm³/mol. The Morgan fingerprint density at radius 1 is 1.34 bits per heavy atom. The first-order valence-corrected chi connectivity index (χ1v) is 11.2. The van der Waals surface area contributed by atoms with Crippen LogP contribution in [0.1, 0.15) is 58.1 Å². The molecule has 32 heavy (non-hydrogen) atoms. The number of aliphatic hydroxyl groups is 1. The van der Waals surface area contributed by atoms with Gasteiger partial charge in [0.2, 0.25) is 0 Å². The number of likely N-dealkylation sites (N-methyl/N-ethyl adjacent to an activating group) is 1. The second-order valence-electron chi connectivity index (χ2n) is 7.71. The van der Waals surface area contributed by atoms with Gasteiger partial charge in [0.15, 0.2) is 0 Å². The summed E-state index contributed by atoms with van der Waals surface area (Å²) in [7, 11) is 1.96. The molecule has 1 aromatic heterocycles. The quantitative estimate of drug-likeness (QED) is 0.318. The van der Waals surface area contributed by atoms with E-state index in [2.05, 4.69) is 42.4 Å². The number of aromatic nitrogens is 2. The Kier molecular flexibility index (Phi) is 10.0. The number of rotatable bonds is 13. The van der Waals surface area contributed by atoms with E-state index in [1.807, 2.05) is 35.2 Å². The van der Waals surface area contributed by atoms with E-state index in [9.17, 15) is 10.0 Å². The van der Waals surface area contributed by atoms with Crippen LogP contribution in [0.15, 0.2) is 58.0 Å². The lowest BCUT2D eigenvalue weighted by molar-refractivity contribution is 0.169. The van der Waals surface area contributed by atoms with Gasteiger partial charge in [0.1, 0.15) is 0 Å². The summed E-state index contributed by atoms with van der Waals surface area (Å²) < 4.78 is 2.00. The zero-order chi connectivity index (χ0) is 23.5. The molecule has 9 nitrogen and oxygen atoms in total. The summed E-state index contributed by atoms with van der Waals surface area (Å²) in [6.07, 6.45) is 13.3. The zero-order valence-corrected chi connectivity index (χ0v) is 19.5. The minimum absolute atomic E-state index is 0.0741. The second kappa shape index (κ2) is 12.7. The molecule has 0 spiro atoms. The number of allylic oxidation sites excluding steroid dienone is 3. The smallest absolute Gasteiger partial charge is 0.0974 e. The maximum atomic E-state index is 10.2. The lowest BCUT2D eigenvalue weighted by Gasteiger charge is -2.26. The van der Waals surface area contributed by atoms with E-state index < -0.39 is 6.10 Å². The standard InChI is InChI=1S/C23H35N7O2/c1-5-8-22-23(18-13-26-30(15-18)19(6-2)7-3)28-21(16-29(22)4)17(11-24)12-25-14-20(31)9-10-27-32/h8,11-13,15-16,19-20,24-25,31H,5-7,9-10,14H2,1-4H3/b17-12+,22-8-,24-11?/t20-/m0/s1. The summed E-state index contributed by atoms with van der Waals surface area (Å²) in [5.74, 6) is 0. The Bertz CT molecular complexity index is 894. The molecule has 1 aliphatic heterocycles. The van der Waals surface area contributed by atoms with Crippen LogP contribution in [0, 0.1) is 10.3 Å². The Morgan fingerprint density at radius 3 is 2.72 bits per heavy atom. The van der Waals surface area contributed by atoms with E-state index in [0.717, 1.165) is 36.2 Å². The van der Waals surface area contributed by atoms with Crippen LogP contribution >= 0.6 is 0 Å². The summed E-state index contributed by atoms with van der Waals surface area (Å²) in [4.78, 5) is 17.1. The van der Waals surface area contributed by atoms with E-state index in [-0.39, 0.29) is 13.1 Å². The average molecular weight is 442 g/mol. The Hall–Kier alpha value is -3.07. The van der Waals surface area contributed by atoms with Gasteiger partial charge < -0.3 is 20.7 Å². The van der Waals surface area contributed by atoms with Crippen LogP contribution in [0.3, 0.4) is 0 Å². The van der Waals surface area contributed by atoms with Crippen molar-refractivity contribution in [3.05, 3.63) is 58.3 Å². The third-order valence-electron chi connectivity index (χ3n) is 5.38. The molecular weight excluding hydrogens is 406 g/mol. The minimum atomic E-state index is -0.687. The normalized spacial score (nSPS) is 16.8. The van der Waals surface area contributed by atoms with E-state index >= 15 is 0 Å². The highest BCUT2D eigenvalue weighted by molar-refractivity contribution is 6.13. The van der Waals surface area contributed by atoms with Crippen molar-refractivity contribution in [1.29, 1.82) is 5.41 Å². The van der Waals surface area contributed by atoms with Crippen molar-refractivity contribution in [3.8, 4) is 0 Å². The summed E-state index contributed by atoms with van der Waals surface area (Å²) >= 11 is 0. The summed E-state index contributed by atoms with van der Waals surface area (Å²) in [5.41, 5.74) is 3.96. The van der Waals surface area contributed by atoms with E-state index in [1.165, 1.54) is 6.21 Å². The molecule has 0 fully saturated rings. The van der Waals surface area contributed by atoms with Crippen LogP contribution in [-0.4, -0.2) is 58.0 Å². The van der Waals surface area contributed by atoms with Crippen LogP contribution in [0.2, 0.25) is 0 Å². The van der Waals surface area contributed by atoms with Gasteiger partial charge in [-0.3, -0.25) is 4.68 Å². The molecule has 9 heteroatoms. The van der Waals surface area contributed by atoms with Gasteiger partial charge in [-0.1, -0.05) is 32.0 Å². The third kappa shape index (κ3) is 6.46. The molecule has 3 N–H and O–H groups in total. The lowest BCUT2D eigenvalue weighted by Crippen LogP contribution is -2.26. The van der Waals surface area contributed by atoms with Gasteiger partial charge in [0, 0.05) is 49.5 Å². The molecule has 0 unspecified atom stereocenters. The number of hydrogen-bond donors (Lipinski definition) is 3. The fourth-order valence-electron chi connectivity index (χ4n) is 3.53. The molecule has 0 aromatic carbocycles. The minimum Gasteiger partial charge on any atom is -0.391 e. The first kappa shape index (κ1) is 25.2. The second-order valence-corrected chi connectivity index (χ2v) is 7.71. The molecule has 1 aliphatic rings. The third-order valence-corrected chi connectivity index (χ3v) is 5.38. The highest BCUT2D eigenvalue weighted by Crippen LogP contribution is 2.25. The van der Waals surface area contributed by atoms with Crippen molar-refractivity contribution in [2.24, 2.45) is 10.2 Å². The fraction of sp³-hybridized carbons (Fsp3) is 0.522. The highest BCUT2D eigenvalue weighted by Gasteiger charge is 2.22. The molecule has 0 radical (unpaired) electrons. The van der Waals surface area contributed by atoms with E-state index in [4.69, 9.17) is 10.4 Å². The Morgan fingerprint density at radius 2 is 2.09 bits per heavy atom. The van der Waals surface area contributed by atoms with Crippen molar-refractivity contribution in [1.82, 2.24) is 20.0 Å². The van der Waals surface area contributed by atoms with Gasteiger partial charge in [-0.15, -0.1) is 0 Å². The largest absolute Gasteiger partial charge is 0.391 e. The molecule has 1 aromatic rings. The average Bonchev–Trinajstić information content (AvgIpc) is 3.27. The Balaban J connectivity index is 2.33. The maximum absolute atomic E-state index is 10.2. The SMILES string of the molecule is CC/C=C1/C(c2cnn(C(CC)CC)c2)=NC(/C(C=N)=C/NC[C@@H](O)CCN=O)=CN1C. The molecule has 0 amide bonds. The number of hydrogen-bond acceptors (Lipinski definition) is 8. The molecule has 0 saturated carbocycles. The van der Waals surface area contributed by atoms with Gasteiger partial charge in [0.05, 0.1) is 42.0 Å². The zero-order valence-electron chi connectivity index (χ0n) is 19.5. The van der Waals surface area contributed by atoms with Crippen LogP contribution in [-0.2, 0) is 0 Å². The number of nitrogens with zero attached hydrogens (tertiary/aromatic N) is 5. The summed E-state index contributed by atoms with van der Waals surface area (Å²) in [6, 6.07) is 0.348. The van der Waals surface area contributed by atoms with Crippen molar-refractivity contribution < 1.29 is 5.11 Å². The highest BCUT2D eigenvalue weighted by atomic mass is 16.3. The van der Waals surface area contributed by atoms with E-state index in [1.54, 1.807) is 6.20 Å². The van der Waals surface area contributed by atoms with Crippen LogP contribution in [0.4, 0.5) is 0 Å². The predicted octanol–water partition coefficient (Wildman–Crippen LogP) is 3.75. The van der Waals surface area contributed by atoms with Gasteiger partial charge in [-0.25, -0.2) is 4.99 Å².